The molecule has 0 aliphatic carbocycles. The van der Waals surface area contributed by atoms with E-state index in [0.29, 0.717) is 12.1 Å². The highest BCUT2D eigenvalue weighted by atomic mass is 19.2. The zero-order valence-corrected chi connectivity index (χ0v) is 8.99. The molecule has 0 amide bonds. The van der Waals surface area contributed by atoms with Gasteiger partial charge in [0.05, 0.1) is 11.4 Å². The number of halogens is 3. The fraction of sp³-hybridized carbons (Fsp3) is 0.100. The number of benzene rings is 1. The van der Waals surface area contributed by atoms with E-state index in [9.17, 15) is 18.0 Å². The molecule has 0 aliphatic rings. The van der Waals surface area contributed by atoms with Gasteiger partial charge < -0.3 is 5.11 Å². The first-order valence-electron chi connectivity index (χ1n) is 4.72. The van der Waals surface area contributed by atoms with E-state index in [1.165, 1.54) is 6.92 Å². The molecule has 0 radical (unpaired) electrons. The zero-order valence-electron chi connectivity index (χ0n) is 8.99. The van der Waals surface area contributed by atoms with Crippen molar-refractivity contribution in [2.75, 3.05) is 0 Å². The van der Waals surface area contributed by atoms with Gasteiger partial charge in [0.25, 0.3) is 0 Å². The third kappa shape index (κ3) is 1.81. The van der Waals surface area contributed by atoms with Gasteiger partial charge in [-0.1, -0.05) is 5.21 Å². The first-order valence-corrected chi connectivity index (χ1v) is 4.72. The standard InChI is InChI=1S/C10H6F3N3O2/c1-4-9(10(17)18)14-15-16(4)5-2-6(11)8(13)7(12)3-5/h2-3H,1H3,(H,17,18). The third-order valence-electron chi connectivity index (χ3n) is 2.31. The van der Waals surface area contributed by atoms with E-state index in [4.69, 9.17) is 5.11 Å². The Morgan fingerprint density at radius 1 is 1.28 bits per heavy atom. The Kier molecular flexibility index (Phi) is 2.77. The van der Waals surface area contributed by atoms with Crippen LogP contribution >= 0.6 is 0 Å². The van der Waals surface area contributed by atoms with Crippen molar-refractivity contribution in [3.05, 3.63) is 41.0 Å². The van der Waals surface area contributed by atoms with Crippen LogP contribution in [0.4, 0.5) is 13.2 Å². The highest BCUT2D eigenvalue weighted by Gasteiger charge is 2.18. The van der Waals surface area contributed by atoms with E-state index < -0.39 is 23.4 Å². The van der Waals surface area contributed by atoms with Crippen LogP contribution < -0.4 is 0 Å². The van der Waals surface area contributed by atoms with Gasteiger partial charge in [-0.15, -0.1) is 5.10 Å². The highest BCUT2D eigenvalue weighted by Crippen LogP contribution is 2.18. The van der Waals surface area contributed by atoms with Crippen molar-refractivity contribution < 1.29 is 23.1 Å². The second kappa shape index (κ2) is 4.13. The van der Waals surface area contributed by atoms with Gasteiger partial charge in [0, 0.05) is 12.1 Å². The molecular formula is C10H6F3N3O2. The van der Waals surface area contributed by atoms with Gasteiger partial charge in [0.1, 0.15) is 0 Å². The molecule has 0 atom stereocenters. The van der Waals surface area contributed by atoms with E-state index in [0.717, 1.165) is 4.68 Å². The van der Waals surface area contributed by atoms with E-state index in [1.807, 2.05) is 0 Å². The second-order valence-electron chi connectivity index (χ2n) is 3.46. The largest absolute Gasteiger partial charge is 0.476 e. The van der Waals surface area contributed by atoms with Crippen molar-refractivity contribution in [2.24, 2.45) is 0 Å². The Labute approximate surface area is 98.5 Å². The van der Waals surface area contributed by atoms with Crippen LogP contribution in [0.15, 0.2) is 12.1 Å². The minimum atomic E-state index is -1.60. The van der Waals surface area contributed by atoms with Gasteiger partial charge in [-0.2, -0.15) is 0 Å². The molecule has 1 aromatic carbocycles. The molecular weight excluding hydrogens is 251 g/mol. The van der Waals surface area contributed by atoms with Crippen molar-refractivity contribution in [2.45, 2.75) is 6.92 Å². The number of carbonyl (C=O) groups is 1. The normalized spacial score (nSPS) is 10.7. The van der Waals surface area contributed by atoms with Crippen molar-refractivity contribution in [1.29, 1.82) is 0 Å². The van der Waals surface area contributed by atoms with Gasteiger partial charge in [-0.05, 0) is 6.92 Å². The molecule has 0 saturated heterocycles. The molecule has 1 N–H and O–H groups in total. The molecule has 0 bridgehead atoms. The molecule has 8 heteroatoms. The Hall–Kier alpha value is -2.38. The topological polar surface area (TPSA) is 68.0 Å². The highest BCUT2D eigenvalue weighted by molar-refractivity contribution is 5.86. The van der Waals surface area contributed by atoms with Crippen LogP contribution in [0, 0.1) is 24.4 Å². The van der Waals surface area contributed by atoms with Crippen LogP contribution in [0.3, 0.4) is 0 Å². The number of nitrogens with zero attached hydrogens (tertiary/aromatic N) is 3. The molecule has 0 saturated carbocycles. The van der Waals surface area contributed by atoms with E-state index in [1.54, 1.807) is 0 Å². The molecule has 1 heterocycles. The number of carboxylic acid groups (broad SMARTS) is 1. The Morgan fingerprint density at radius 2 is 1.83 bits per heavy atom. The molecule has 94 valence electrons. The number of hydrogen-bond acceptors (Lipinski definition) is 3. The van der Waals surface area contributed by atoms with Crippen LogP contribution in [0.25, 0.3) is 5.69 Å². The van der Waals surface area contributed by atoms with Gasteiger partial charge >= 0.3 is 5.97 Å². The fourth-order valence-corrected chi connectivity index (χ4v) is 1.44. The summed E-state index contributed by atoms with van der Waals surface area (Å²) in [4.78, 5) is 10.7. The number of rotatable bonds is 2. The average molecular weight is 257 g/mol. The van der Waals surface area contributed by atoms with Crippen LogP contribution in [-0.2, 0) is 0 Å². The quantitative estimate of drug-likeness (QED) is 0.831. The number of aromatic nitrogens is 3. The van der Waals surface area contributed by atoms with E-state index in [2.05, 4.69) is 10.3 Å². The molecule has 1 aromatic heterocycles. The van der Waals surface area contributed by atoms with Crippen LogP contribution in [0.2, 0.25) is 0 Å². The lowest BCUT2D eigenvalue weighted by molar-refractivity contribution is 0.0689. The first-order chi connectivity index (χ1) is 8.41. The fourth-order valence-electron chi connectivity index (χ4n) is 1.44. The van der Waals surface area contributed by atoms with Gasteiger partial charge in [0.15, 0.2) is 23.1 Å². The van der Waals surface area contributed by atoms with Crippen molar-refractivity contribution >= 4 is 5.97 Å². The molecule has 0 aliphatic heterocycles. The Balaban J connectivity index is 2.59. The van der Waals surface area contributed by atoms with Gasteiger partial charge in [0.2, 0.25) is 0 Å². The lowest BCUT2D eigenvalue weighted by Gasteiger charge is -2.04. The summed E-state index contributed by atoms with van der Waals surface area (Å²) in [7, 11) is 0. The van der Waals surface area contributed by atoms with Crippen LogP contribution in [0.1, 0.15) is 16.2 Å². The Morgan fingerprint density at radius 3 is 2.28 bits per heavy atom. The summed E-state index contributed by atoms with van der Waals surface area (Å²) < 4.78 is 39.7. The summed E-state index contributed by atoms with van der Waals surface area (Å²) in [6.45, 7) is 1.36. The summed E-state index contributed by atoms with van der Waals surface area (Å²) in [6, 6.07) is 1.40. The second-order valence-corrected chi connectivity index (χ2v) is 3.46. The summed E-state index contributed by atoms with van der Waals surface area (Å²) in [5.41, 5.74) is -0.419. The van der Waals surface area contributed by atoms with E-state index in [-0.39, 0.29) is 17.1 Å². The van der Waals surface area contributed by atoms with Crippen LogP contribution in [0.5, 0.6) is 0 Å². The predicted octanol–water partition coefficient (Wildman–Crippen LogP) is 1.69. The summed E-state index contributed by atoms with van der Waals surface area (Å²) in [6.07, 6.45) is 0. The maximum absolute atomic E-state index is 13.0. The molecule has 0 spiro atoms. The zero-order chi connectivity index (χ0) is 13.4. The number of carboxylic acids is 1. The number of hydrogen-bond donors (Lipinski definition) is 1. The third-order valence-corrected chi connectivity index (χ3v) is 2.31. The molecule has 18 heavy (non-hydrogen) atoms. The van der Waals surface area contributed by atoms with Crippen molar-refractivity contribution in [1.82, 2.24) is 15.0 Å². The SMILES string of the molecule is Cc1c(C(=O)O)nnn1-c1cc(F)c(F)c(F)c1. The lowest BCUT2D eigenvalue weighted by atomic mass is 10.2. The minimum absolute atomic E-state index is 0.0768. The molecule has 5 nitrogen and oxygen atoms in total. The van der Waals surface area contributed by atoms with Crippen LogP contribution in [-0.4, -0.2) is 26.1 Å². The van der Waals surface area contributed by atoms with Crippen molar-refractivity contribution in [3.63, 3.8) is 0 Å². The lowest BCUT2D eigenvalue weighted by Crippen LogP contribution is -2.04. The summed E-state index contributed by atoms with van der Waals surface area (Å²) >= 11 is 0. The maximum atomic E-state index is 13.0. The van der Waals surface area contributed by atoms with E-state index >= 15 is 0 Å². The van der Waals surface area contributed by atoms with Gasteiger partial charge in [-0.3, -0.25) is 0 Å². The predicted molar refractivity (Wildman–Crippen MR) is 52.9 cm³/mol. The molecule has 0 unspecified atom stereocenters. The van der Waals surface area contributed by atoms with Crippen molar-refractivity contribution in [3.8, 4) is 5.69 Å². The average Bonchev–Trinajstić information content (AvgIpc) is 2.67. The summed E-state index contributed by atoms with van der Waals surface area (Å²) in [5, 5.41) is 15.6. The molecule has 2 rings (SSSR count). The smallest absolute Gasteiger partial charge is 0.358 e. The molecule has 2 aromatic rings. The van der Waals surface area contributed by atoms with Gasteiger partial charge in [-0.25, -0.2) is 22.6 Å². The first kappa shape index (κ1) is 12.1. The number of aromatic carboxylic acids is 1. The molecule has 0 fully saturated rings. The minimum Gasteiger partial charge on any atom is -0.476 e. The Bertz CT molecular complexity index is 616. The maximum Gasteiger partial charge on any atom is 0.358 e. The summed E-state index contributed by atoms with van der Waals surface area (Å²) in [5.74, 6) is -5.70. The monoisotopic (exact) mass is 257 g/mol.